The van der Waals surface area contributed by atoms with Gasteiger partial charge in [-0.3, -0.25) is 19.4 Å². The second kappa shape index (κ2) is 8.47. The normalized spacial score (nSPS) is 24.3. The number of aliphatic hydroxyl groups is 1. The molecule has 4 rings (SSSR count). The molecule has 1 saturated heterocycles. The van der Waals surface area contributed by atoms with Gasteiger partial charge < -0.3 is 19.9 Å². The van der Waals surface area contributed by atoms with Gasteiger partial charge in [0.15, 0.2) is 0 Å². The van der Waals surface area contributed by atoms with E-state index in [1.54, 1.807) is 46.0 Å². The van der Waals surface area contributed by atoms with Crippen LogP contribution in [0.25, 0.3) is 6.08 Å². The zero-order chi connectivity index (χ0) is 22.1. The number of allylic oxidation sites excluding steroid dienone is 1. The highest BCUT2D eigenvalue weighted by atomic mass is 16.3. The van der Waals surface area contributed by atoms with Crippen molar-refractivity contribution in [3.8, 4) is 0 Å². The van der Waals surface area contributed by atoms with E-state index in [1.807, 2.05) is 19.9 Å². The molecule has 2 aliphatic heterocycles. The zero-order valence-corrected chi connectivity index (χ0v) is 17.6. The van der Waals surface area contributed by atoms with E-state index in [1.165, 1.54) is 6.20 Å². The first kappa shape index (κ1) is 21.0. The van der Waals surface area contributed by atoms with E-state index in [0.717, 1.165) is 0 Å². The lowest BCUT2D eigenvalue weighted by molar-refractivity contribution is -0.126. The number of carbonyl (C=O) groups excluding carboxylic acids is 2. The third kappa shape index (κ3) is 3.37. The van der Waals surface area contributed by atoms with Crippen molar-refractivity contribution in [2.75, 3.05) is 13.2 Å². The number of hydrogen-bond acceptors (Lipinski definition) is 5. The molecule has 0 aromatic carbocycles. The van der Waals surface area contributed by atoms with Gasteiger partial charge in [0, 0.05) is 55.2 Å². The van der Waals surface area contributed by atoms with Gasteiger partial charge in [-0.2, -0.15) is 0 Å². The number of nitrogens with zero attached hydrogens (tertiary/aromatic N) is 3. The Kier molecular flexibility index (Phi) is 5.73. The summed E-state index contributed by atoms with van der Waals surface area (Å²) in [6.07, 6.45) is 6.60. The Bertz CT molecular complexity index is 1080. The predicted octanol–water partition coefficient (Wildman–Crippen LogP) is 1.22. The second-order valence-corrected chi connectivity index (χ2v) is 7.88. The standard InChI is InChI=1S/C23H26N4O4/c1-3-6-14-8-9-18-19-16(12-26(18)22(14)30)17(13-28)20(21(29)25-4-2)27(19)23(31)15-7-5-10-24-11-15/h3,5-11,16-17,19-20,28H,4,12-13H2,1-2H3,(H,25,29)/b6-3-/t16-,17-,19+,20-/m1/s1. The average molecular weight is 422 g/mol. The van der Waals surface area contributed by atoms with E-state index in [0.29, 0.717) is 29.9 Å². The highest BCUT2D eigenvalue weighted by Crippen LogP contribution is 2.49. The first-order chi connectivity index (χ1) is 15.0. The number of amides is 2. The minimum absolute atomic E-state index is 0.134. The van der Waals surface area contributed by atoms with Gasteiger partial charge in [-0.1, -0.05) is 12.2 Å². The summed E-state index contributed by atoms with van der Waals surface area (Å²) in [6, 6.07) is 5.61. The van der Waals surface area contributed by atoms with Crippen LogP contribution in [0.5, 0.6) is 0 Å². The van der Waals surface area contributed by atoms with Gasteiger partial charge in [0.25, 0.3) is 11.5 Å². The van der Waals surface area contributed by atoms with Gasteiger partial charge in [0.1, 0.15) is 6.04 Å². The summed E-state index contributed by atoms with van der Waals surface area (Å²) >= 11 is 0. The number of hydrogen-bond donors (Lipinski definition) is 2. The third-order valence-electron chi connectivity index (χ3n) is 6.21. The van der Waals surface area contributed by atoms with Gasteiger partial charge in [-0.15, -0.1) is 0 Å². The predicted molar refractivity (Wildman–Crippen MR) is 115 cm³/mol. The van der Waals surface area contributed by atoms with Crippen LogP contribution in [0.2, 0.25) is 0 Å². The van der Waals surface area contributed by atoms with E-state index < -0.39 is 18.0 Å². The van der Waals surface area contributed by atoms with Crippen LogP contribution >= 0.6 is 0 Å². The van der Waals surface area contributed by atoms with E-state index in [2.05, 4.69) is 10.3 Å². The topological polar surface area (TPSA) is 105 Å². The minimum atomic E-state index is -0.827. The molecule has 0 unspecified atom stereocenters. The third-order valence-corrected chi connectivity index (χ3v) is 6.21. The molecule has 0 spiro atoms. The summed E-state index contributed by atoms with van der Waals surface area (Å²) in [5, 5.41) is 13.0. The van der Waals surface area contributed by atoms with Gasteiger partial charge in [-0.25, -0.2) is 0 Å². The smallest absolute Gasteiger partial charge is 0.258 e. The van der Waals surface area contributed by atoms with Crippen LogP contribution in [0.4, 0.5) is 0 Å². The van der Waals surface area contributed by atoms with Crippen molar-refractivity contribution in [2.24, 2.45) is 11.8 Å². The summed E-state index contributed by atoms with van der Waals surface area (Å²) in [5.74, 6) is -1.37. The zero-order valence-electron chi connectivity index (χ0n) is 17.6. The highest BCUT2D eigenvalue weighted by Gasteiger charge is 2.57. The van der Waals surface area contributed by atoms with Crippen LogP contribution in [-0.2, 0) is 11.3 Å². The quantitative estimate of drug-likeness (QED) is 0.754. The van der Waals surface area contributed by atoms with Crippen molar-refractivity contribution < 1.29 is 14.7 Å². The van der Waals surface area contributed by atoms with Crippen LogP contribution in [0.15, 0.2) is 47.5 Å². The summed E-state index contributed by atoms with van der Waals surface area (Å²) < 4.78 is 1.67. The fourth-order valence-electron chi connectivity index (χ4n) is 4.95. The number of likely N-dealkylation sites (N-methyl/N-ethyl adjacent to an activating group) is 1. The second-order valence-electron chi connectivity index (χ2n) is 7.88. The fourth-order valence-corrected chi connectivity index (χ4v) is 4.95. The maximum Gasteiger partial charge on any atom is 0.258 e. The van der Waals surface area contributed by atoms with Gasteiger partial charge >= 0.3 is 0 Å². The van der Waals surface area contributed by atoms with Crippen molar-refractivity contribution in [2.45, 2.75) is 32.5 Å². The van der Waals surface area contributed by atoms with Crippen molar-refractivity contribution in [1.29, 1.82) is 0 Å². The van der Waals surface area contributed by atoms with E-state index in [9.17, 15) is 19.5 Å². The molecule has 8 nitrogen and oxygen atoms in total. The first-order valence-electron chi connectivity index (χ1n) is 10.5. The van der Waals surface area contributed by atoms with Crippen LogP contribution in [-0.4, -0.2) is 50.6 Å². The fraction of sp³-hybridized carbons (Fsp3) is 0.391. The largest absolute Gasteiger partial charge is 0.396 e. The summed E-state index contributed by atoms with van der Waals surface area (Å²) in [5.41, 5.74) is 1.48. The first-order valence-corrected chi connectivity index (χ1v) is 10.5. The van der Waals surface area contributed by atoms with Crippen molar-refractivity contribution in [1.82, 2.24) is 19.8 Å². The van der Waals surface area contributed by atoms with Gasteiger partial charge in [0.05, 0.1) is 11.6 Å². The lowest BCUT2D eigenvalue weighted by Crippen LogP contribution is -2.50. The molecule has 2 amide bonds. The van der Waals surface area contributed by atoms with Crippen LogP contribution < -0.4 is 10.9 Å². The van der Waals surface area contributed by atoms with Crippen LogP contribution in [0.3, 0.4) is 0 Å². The number of aliphatic hydroxyl groups excluding tert-OH is 1. The Labute approximate surface area is 180 Å². The Hall–Kier alpha value is -3.26. The molecule has 162 valence electrons. The number of fused-ring (bicyclic) bond motifs is 3. The maximum absolute atomic E-state index is 13.6. The van der Waals surface area contributed by atoms with Gasteiger partial charge in [-0.05, 0) is 38.1 Å². The SMILES string of the molecule is C/C=C\c1ccc2n(c1=O)C[C@@H]1[C@@H](CO)[C@H](C(=O)NCC)N(C(=O)c3cccnc3)[C@H]21. The molecule has 1 fully saturated rings. The number of likely N-dealkylation sites (tertiary alicyclic amines) is 1. The number of rotatable bonds is 5. The van der Waals surface area contributed by atoms with Crippen molar-refractivity contribution in [3.63, 3.8) is 0 Å². The minimum Gasteiger partial charge on any atom is -0.396 e. The molecule has 0 aliphatic carbocycles. The monoisotopic (exact) mass is 422 g/mol. The Morgan fingerprint density at radius 1 is 1.32 bits per heavy atom. The summed E-state index contributed by atoms with van der Waals surface area (Å²) in [7, 11) is 0. The van der Waals surface area contributed by atoms with Crippen molar-refractivity contribution >= 4 is 17.9 Å². The molecule has 2 aliphatic rings. The molecular weight excluding hydrogens is 396 g/mol. The summed E-state index contributed by atoms with van der Waals surface area (Å²) in [4.78, 5) is 45.1. The highest BCUT2D eigenvalue weighted by molar-refractivity contribution is 5.98. The Morgan fingerprint density at radius 3 is 2.77 bits per heavy atom. The summed E-state index contributed by atoms with van der Waals surface area (Å²) in [6.45, 7) is 4.17. The van der Waals surface area contributed by atoms with Crippen LogP contribution in [0.1, 0.15) is 41.5 Å². The van der Waals surface area contributed by atoms with Crippen molar-refractivity contribution in [3.05, 3.63) is 69.9 Å². The maximum atomic E-state index is 13.6. The Morgan fingerprint density at radius 2 is 2.13 bits per heavy atom. The number of carbonyl (C=O) groups is 2. The molecule has 2 aromatic heterocycles. The van der Waals surface area contributed by atoms with Gasteiger partial charge in [0.2, 0.25) is 5.91 Å². The molecule has 2 aromatic rings. The molecule has 8 heteroatoms. The van der Waals surface area contributed by atoms with E-state index >= 15 is 0 Å². The lowest BCUT2D eigenvalue weighted by atomic mass is 9.88. The molecule has 2 N–H and O–H groups in total. The molecule has 4 heterocycles. The molecule has 0 radical (unpaired) electrons. The molecule has 31 heavy (non-hydrogen) atoms. The number of pyridine rings is 2. The van der Waals surface area contributed by atoms with E-state index in [-0.39, 0.29) is 29.9 Å². The Balaban J connectivity index is 1.85. The molecule has 0 bridgehead atoms. The molecular formula is C23H26N4O4. The number of aromatic nitrogens is 2. The number of nitrogens with one attached hydrogen (secondary N) is 1. The average Bonchev–Trinajstić information content (AvgIpc) is 3.31. The molecule has 4 atom stereocenters. The molecule has 0 saturated carbocycles. The lowest BCUT2D eigenvalue weighted by Gasteiger charge is -2.31. The van der Waals surface area contributed by atoms with Crippen LogP contribution in [0, 0.1) is 11.8 Å². The van der Waals surface area contributed by atoms with E-state index in [4.69, 9.17) is 0 Å².